The maximum atomic E-state index is 2.42. The van der Waals surface area contributed by atoms with Crippen molar-refractivity contribution in [3.05, 3.63) is 42.5 Å². The lowest BCUT2D eigenvalue weighted by Crippen LogP contribution is -1.94. The average Bonchev–Trinajstić information content (AvgIpc) is 2.43. The molecule has 0 aromatic heterocycles. The quantitative estimate of drug-likeness (QED) is 0.495. The van der Waals surface area contributed by atoms with Crippen LogP contribution in [0.4, 0.5) is 0 Å². The Balaban J connectivity index is 2.12. The van der Waals surface area contributed by atoms with Crippen LogP contribution in [0.5, 0.6) is 0 Å². The second-order valence-electron chi connectivity index (χ2n) is 4.38. The van der Waals surface area contributed by atoms with Crippen LogP contribution < -0.4 is 0 Å². The van der Waals surface area contributed by atoms with Gasteiger partial charge in [0.1, 0.15) is 0 Å². The minimum absolute atomic E-state index is 1.34. The van der Waals surface area contributed by atoms with E-state index in [2.05, 4.69) is 65.3 Å². The Kier molecular flexibility index (Phi) is 3.17. The van der Waals surface area contributed by atoms with E-state index in [0.29, 0.717) is 0 Å². The lowest BCUT2D eigenvalue weighted by molar-refractivity contribution is 1.45. The van der Waals surface area contributed by atoms with Gasteiger partial charge in [0.05, 0.1) is 2.91 Å². The van der Waals surface area contributed by atoms with Gasteiger partial charge in [-0.05, 0) is 64.3 Å². The maximum absolute atomic E-state index is 2.42. The van der Waals surface area contributed by atoms with E-state index in [-0.39, 0.29) is 0 Å². The topological polar surface area (TPSA) is 0 Å². The molecular formula is C15H9IS3. The summed E-state index contributed by atoms with van der Waals surface area (Å²) < 4.78 is 2.72. The Hall–Kier alpha value is -0.0400. The van der Waals surface area contributed by atoms with Crippen LogP contribution in [-0.4, -0.2) is 6.26 Å². The zero-order chi connectivity index (χ0) is 13.0. The highest BCUT2D eigenvalue weighted by atomic mass is 127. The second-order valence-corrected chi connectivity index (χ2v) is 9.54. The van der Waals surface area contributed by atoms with E-state index < -0.39 is 0 Å². The van der Waals surface area contributed by atoms with Crippen molar-refractivity contribution < 1.29 is 0 Å². The third-order valence-electron chi connectivity index (χ3n) is 3.31. The number of benzene rings is 2. The summed E-state index contributed by atoms with van der Waals surface area (Å²) in [7, 11) is 0. The summed E-state index contributed by atoms with van der Waals surface area (Å²) >= 11 is 8.01. The predicted molar refractivity (Wildman–Crippen MR) is 99.2 cm³/mol. The molecule has 19 heavy (non-hydrogen) atoms. The smallest absolute Gasteiger partial charge is 0.0512 e. The molecule has 2 aromatic rings. The monoisotopic (exact) mass is 412 g/mol. The number of hydrogen-bond donors (Lipinski definition) is 0. The zero-order valence-electron chi connectivity index (χ0n) is 10.1. The molecule has 2 aliphatic rings. The molecule has 0 saturated heterocycles. The molecule has 0 radical (unpaired) electrons. The van der Waals surface area contributed by atoms with Gasteiger partial charge >= 0.3 is 0 Å². The Morgan fingerprint density at radius 2 is 1.53 bits per heavy atom. The van der Waals surface area contributed by atoms with Gasteiger partial charge in [-0.1, -0.05) is 35.7 Å². The summed E-state index contributed by atoms with van der Waals surface area (Å²) in [6.45, 7) is 0. The molecule has 2 heterocycles. The van der Waals surface area contributed by atoms with Crippen molar-refractivity contribution in [3.8, 4) is 0 Å². The predicted octanol–water partition coefficient (Wildman–Crippen LogP) is 6.45. The van der Waals surface area contributed by atoms with Crippen molar-refractivity contribution in [2.75, 3.05) is 6.26 Å². The van der Waals surface area contributed by atoms with E-state index in [1.807, 2.05) is 35.3 Å². The molecule has 4 rings (SSSR count). The van der Waals surface area contributed by atoms with Crippen LogP contribution in [0.1, 0.15) is 11.1 Å². The fourth-order valence-electron chi connectivity index (χ4n) is 2.52. The molecule has 0 saturated carbocycles. The third-order valence-corrected chi connectivity index (χ3v) is 7.30. The Labute approximate surface area is 138 Å². The van der Waals surface area contributed by atoms with Crippen molar-refractivity contribution in [3.63, 3.8) is 0 Å². The highest BCUT2D eigenvalue weighted by Crippen LogP contribution is 2.50. The second kappa shape index (κ2) is 4.76. The molecular weight excluding hydrogens is 403 g/mol. The molecule has 0 aliphatic carbocycles. The molecule has 0 fully saturated rings. The third kappa shape index (κ3) is 1.99. The van der Waals surface area contributed by atoms with E-state index in [4.69, 9.17) is 0 Å². The first-order chi connectivity index (χ1) is 9.26. The van der Waals surface area contributed by atoms with Gasteiger partial charge in [-0.2, -0.15) is 0 Å². The minimum atomic E-state index is 1.34. The molecule has 0 spiro atoms. The van der Waals surface area contributed by atoms with Crippen LogP contribution in [0.3, 0.4) is 0 Å². The normalized spacial score (nSPS) is 16.3. The summed E-state index contributed by atoms with van der Waals surface area (Å²) in [5.41, 5.74) is 2.73. The molecule has 0 atom stereocenters. The lowest BCUT2D eigenvalue weighted by Gasteiger charge is -2.21. The molecule has 0 N–H and O–H groups in total. The minimum Gasteiger partial charge on any atom is -0.122 e. The van der Waals surface area contributed by atoms with Crippen molar-refractivity contribution in [1.82, 2.24) is 0 Å². The lowest BCUT2D eigenvalue weighted by atomic mass is 9.99. The van der Waals surface area contributed by atoms with E-state index in [1.165, 1.54) is 38.8 Å². The molecule has 0 amide bonds. The summed E-state index contributed by atoms with van der Waals surface area (Å²) in [6, 6.07) is 9.07. The van der Waals surface area contributed by atoms with Crippen LogP contribution >= 0.6 is 57.9 Å². The number of rotatable bonds is 1. The highest BCUT2D eigenvalue weighted by Gasteiger charge is 2.20. The van der Waals surface area contributed by atoms with Gasteiger partial charge in [-0.25, -0.2) is 0 Å². The van der Waals surface area contributed by atoms with E-state index in [0.717, 1.165) is 0 Å². The van der Waals surface area contributed by atoms with Gasteiger partial charge in [0.25, 0.3) is 0 Å². The van der Waals surface area contributed by atoms with Gasteiger partial charge < -0.3 is 0 Å². The van der Waals surface area contributed by atoms with Crippen molar-refractivity contribution in [2.24, 2.45) is 0 Å². The largest absolute Gasteiger partial charge is 0.122 e. The Morgan fingerprint density at radius 1 is 0.895 bits per heavy atom. The first-order valence-corrected chi connectivity index (χ1v) is 9.78. The Morgan fingerprint density at radius 3 is 2.21 bits per heavy atom. The number of thioether (sulfide) groups is 3. The van der Waals surface area contributed by atoms with Crippen LogP contribution in [0, 0.1) is 0 Å². The molecule has 94 valence electrons. The fraction of sp³-hybridized carbons (Fsp3) is 0.0667. The number of hydrogen-bond acceptors (Lipinski definition) is 3. The van der Waals surface area contributed by atoms with Crippen LogP contribution in [0.2, 0.25) is 0 Å². The van der Waals surface area contributed by atoms with Gasteiger partial charge in [0.2, 0.25) is 0 Å². The first kappa shape index (κ1) is 12.7. The van der Waals surface area contributed by atoms with Gasteiger partial charge in [0.15, 0.2) is 0 Å². The molecule has 0 unspecified atom stereocenters. The van der Waals surface area contributed by atoms with Crippen molar-refractivity contribution in [2.45, 2.75) is 9.79 Å². The summed E-state index contributed by atoms with van der Waals surface area (Å²) in [4.78, 5) is 2.79. The summed E-state index contributed by atoms with van der Waals surface area (Å²) in [5.74, 6) is 0. The van der Waals surface area contributed by atoms with Crippen LogP contribution in [0.15, 0.2) is 41.2 Å². The zero-order valence-corrected chi connectivity index (χ0v) is 14.7. The average molecular weight is 412 g/mol. The number of halogens is 1. The Bertz CT molecular complexity index is 775. The molecule has 4 heteroatoms. The van der Waals surface area contributed by atoms with Crippen LogP contribution in [-0.2, 0) is 0 Å². The van der Waals surface area contributed by atoms with Crippen LogP contribution in [0.25, 0.3) is 22.9 Å². The van der Waals surface area contributed by atoms with Crippen molar-refractivity contribution >= 4 is 80.8 Å². The van der Waals surface area contributed by atoms with Gasteiger partial charge in [-0.15, -0.1) is 11.8 Å². The fourth-order valence-corrected chi connectivity index (χ4v) is 6.13. The molecule has 2 aliphatic heterocycles. The molecule has 0 bridgehead atoms. The standard InChI is InChI=1S/C15H9IS3/c1-17-13-7-9-3-4-10-14-8(6-12(16)18-10)2-5-11(19-13)15(9)14/h2-7H,1H3. The van der Waals surface area contributed by atoms with E-state index in [1.54, 1.807) is 0 Å². The summed E-state index contributed by atoms with van der Waals surface area (Å²) in [6.07, 6.45) is 6.76. The van der Waals surface area contributed by atoms with E-state index in [9.17, 15) is 0 Å². The van der Waals surface area contributed by atoms with Gasteiger partial charge in [0, 0.05) is 24.8 Å². The van der Waals surface area contributed by atoms with E-state index >= 15 is 0 Å². The highest BCUT2D eigenvalue weighted by molar-refractivity contribution is 14.1. The summed E-state index contributed by atoms with van der Waals surface area (Å²) in [5, 5.41) is 2.87. The molecule has 2 aromatic carbocycles. The molecule has 0 nitrogen and oxygen atoms in total. The SMILES string of the molecule is CSC1=Cc2ccc3c4c(ccc(c24)S1)C=C(I)S3. The van der Waals surface area contributed by atoms with Gasteiger partial charge in [-0.3, -0.25) is 0 Å². The first-order valence-electron chi connectivity index (χ1n) is 5.84. The maximum Gasteiger partial charge on any atom is 0.0512 e. The van der Waals surface area contributed by atoms with Crippen molar-refractivity contribution in [1.29, 1.82) is 0 Å².